The summed E-state index contributed by atoms with van der Waals surface area (Å²) in [7, 11) is 3.65. The van der Waals surface area contributed by atoms with Crippen molar-refractivity contribution >= 4 is 11.8 Å². The molecule has 0 aromatic rings. The fourth-order valence-corrected chi connectivity index (χ4v) is 1.86. The number of methoxy groups -OCH3 is 1. The zero-order chi connectivity index (χ0) is 9.23. The fraction of sp³-hybridized carbons (Fsp3) is 1.00. The molecule has 0 aliphatic heterocycles. The Morgan fingerprint density at radius 1 is 1.58 bits per heavy atom. The molecule has 0 saturated heterocycles. The summed E-state index contributed by atoms with van der Waals surface area (Å²) in [5.74, 6) is 2.07. The van der Waals surface area contributed by atoms with Gasteiger partial charge in [0, 0.05) is 25.5 Å². The summed E-state index contributed by atoms with van der Waals surface area (Å²) >= 11 is 1.85. The molecule has 1 unspecified atom stereocenters. The van der Waals surface area contributed by atoms with Gasteiger partial charge in [-0.25, -0.2) is 0 Å². The highest BCUT2D eigenvalue weighted by molar-refractivity contribution is 7.99. The van der Waals surface area contributed by atoms with Crippen LogP contribution in [-0.2, 0) is 4.74 Å². The van der Waals surface area contributed by atoms with Gasteiger partial charge in [0.05, 0.1) is 6.61 Å². The minimum Gasteiger partial charge on any atom is -0.396 e. The van der Waals surface area contributed by atoms with Crippen LogP contribution in [0.1, 0.15) is 6.42 Å². The van der Waals surface area contributed by atoms with Gasteiger partial charge in [0.15, 0.2) is 0 Å². The molecule has 0 heterocycles. The Bertz CT molecular complexity index is 93.1. The third kappa shape index (κ3) is 6.91. The molecule has 0 spiro atoms. The van der Waals surface area contributed by atoms with Crippen LogP contribution in [0.15, 0.2) is 0 Å². The van der Waals surface area contributed by atoms with Gasteiger partial charge in [0.25, 0.3) is 0 Å². The molecule has 0 aromatic carbocycles. The number of thioether (sulfide) groups is 1. The van der Waals surface area contributed by atoms with Crippen LogP contribution in [0.4, 0.5) is 0 Å². The molecule has 74 valence electrons. The lowest BCUT2D eigenvalue weighted by Gasteiger charge is -2.13. The number of hydrogen-bond donors (Lipinski definition) is 2. The molecule has 4 heteroatoms. The van der Waals surface area contributed by atoms with E-state index < -0.39 is 0 Å². The molecule has 2 N–H and O–H groups in total. The largest absolute Gasteiger partial charge is 0.396 e. The Morgan fingerprint density at radius 3 is 2.83 bits per heavy atom. The van der Waals surface area contributed by atoms with Gasteiger partial charge in [-0.2, -0.15) is 11.8 Å². The van der Waals surface area contributed by atoms with Crippen LogP contribution < -0.4 is 5.32 Å². The molecule has 0 rings (SSSR count). The van der Waals surface area contributed by atoms with E-state index in [0.717, 1.165) is 24.5 Å². The molecule has 3 nitrogen and oxygen atoms in total. The molecule has 0 radical (unpaired) electrons. The Morgan fingerprint density at radius 2 is 2.33 bits per heavy atom. The number of nitrogens with one attached hydrogen (secondary N) is 1. The number of ether oxygens (including phenoxy) is 1. The second kappa shape index (κ2) is 9.32. The molecule has 1 atom stereocenters. The fourth-order valence-electron chi connectivity index (χ4n) is 0.808. The molecular weight excluding hydrogens is 174 g/mol. The standard InChI is InChI=1S/C8H19NO2S/c1-9-8(6-11-2)7-12-5-3-4-10/h8-10H,3-7H2,1-2H3. The first-order chi connectivity index (χ1) is 5.85. The maximum atomic E-state index is 8.54. The predicted molar refractivity (Wildman–Crippen MR) is 53.8 cm³/mol. The van der Waals surface area contributed by atoms with Crippen LogP contribution in [0.2, 0.25) is 0 Å². The van der Waals surface area contributed by atoms with Gasteiger partial charge in [0.2, 0.25) is 0 Å². The van der Waals surface area contributed by atoms with Gasteiger partial charge in [-0.3, -0.25) is 0 Å². The van der Waals surface area contributed by atoms with Gasteiger partial charge < -0.3 is 15.2 Å². The Labute approximate surface area is 78.9 Å². The molecule has 0 saturated carbocycles. The molecule has 0 amide bonds. The number of likely N-dealkylation sites (N-methyl/N-ethyl adjacent to an activating group) is 1. The minimum atomic E-state index is 0.293. The summed E-state index contributed by atoms with van der Waals surface area (Å²) in [6.45, 7) is 1.05. The van der Waals surface area contributed by atoms with E-state index in [2.05, 4.69) is 5.32 Å². The van der Waals surface area contributed by atoms with Crippen LogP contribution in [0.3, 0.4) is 0 Å². The Balaban J connectivity index is 3.19. The molecule has 0 aliphatic carbocycles. The topological polar surface area (TPSA) is 41.5 Å². The zero-order valence-electron chi connectivity index (χ0n) is 7.88. The lowest BCUT2D eigenvalue weighted by atomic mass is 10.4. The average molecular weight is 193 g/mol. The average Bonchev–Trinajstić information content (AvgIpc) is 2.10. The van der Waals surface area contributed by atoms with E-state index in [1.807, 2.05) is 18.8 Å². The Hall–Kier alpha value is 0.230. The lowest BCUT2D eigenvalue weighted by molar-refractivity contribution is 0.177. The summed E-state index contributed by atoms with van der Waals surface area (Å²) in [6.07, 6.45) is 0.883. The minimum absolute atomic E-state index is 0.293. The first-order valence-electron chi connectivity index (χ1n) is 4.20. The van der Waals surface area contributed by atoms with Crippen molar-refractivity contribution in [3.63, 3.8) is 0 Å². The van der Waals surface area contributed by atoms with Crippen LogP contribution in [0.5, 0.6) is 0 Å². The smallest absolute Gasteiger partial charge is 0.0623 e. The molecular formula is C8H19NO2S. The summed E-state index contributed by atoms with van der Waals surface area (Å²) in [5.41, 5.74) is 0. The van der Waals surface area contributed by atoms with Gasteiger partial charge in [-0.15, -0.1) is 0 Å². The van der Waals surface area contributed by atoms with Crippen LogP contribution >= 0.6 is 11.8 Å². The Kier molecular flexibility index (Phi) is 9.50. The summed E-state index contributed by atoms with van der Waals surface area (Å²) in [6, 6.07) is 0.429. The van der Waals surface area contributed by atoms with Gasteiger partial charge in [0.1, 0.15) is 0 Å². The molecule has 12 heavy (non-hydrogen) atoms. The van der Waals surface area contributed by atoms with E-state index in [9.17, 15) is 0 Å². The van der Waals surface area contributed by atoms with Gasteiger partial charge in [-0.05, 0) is 19.2 Å². The third-order valence-electron chi connectivity index (χ3n) is 1.54. The van der Waals surface area contributed by atoms with Crippen molar-refractivity contribution in [2.45, 2.75) is 12.5 Å². The number of aliphatic hydroxyl groups excluding tert-OH is 1. The van der Waals surface area contributed by atoms with Crippen molar-refractivity contribution in [1.82, 2.24) is 5.32 Å². The van der Waals surface area contributed by atoms with Crippen molar-refractivity contribution < 1.29 is 9.84 Å². The maximum absolute atomic E-state index is 8.54. The molecule has 0 aromatic heterocycles. The first kappa shape index (κ1) is 12.2. The monoisotopic (exact) mass is 193 g/mol. The third-order valence-corrected chi connectivity index (χ3v) is 2.76. The second-order valence-corrected chi connectivity index (χ2v) is 3.74. The maximum Gasteiger partial charge on any atom is 0.0623 e. The lowest BCUT2D eigenvalue weighted by Crippen LogP contribution is -2.32. The van der Waals surface area contributed by atoms with Gasteiger partial charge >= 0.3 is 0 Å². The number of rotatable bonds is 8. The summed E-state index contributed by atoms with van der Waals surface area (Å²) in [4.78, 5) is 0. The van der Waals surface area contributed by atoms with E-state index in [0.29, 0.717) is 12.6 Å². The van der Waals surface area contributed by atoms with E-state index in [1.54, 1.807) is 7.11 Å². The zero-order valence-corrected chi connectivity index (χ0v) is 8.69. The van der Waals surface area contributed by atoms with E-state index in [4.69, 9.17) is 9.84 Å². The van der Waals surface area contributed by atoms with E-state index in [1.165, 1.54) is 0 Å². The van der Waals surface area contributed by atoms with Crippen LogP contribution in [0.25, 0.3) is 0 Å². The quantitative estimate of drug-likeness (QED) is 0.545. The highest BCUT2D eigenvalue weighted by Crippen LogP contribution is 2.04. The van der Waals surface area contributed by atoms with Crippen molar-refractivity contribution in [3.8, 4) is 0 Å². The van der Waals surface area contributed by atoms with Crippen molar-refractivity contribution in [2.75, 3.05) is 38.9 Å². The highest BCUT2D eigenvalue weighted by Gasteiger charge is 2.03. The first-order valence-corrected chi connectivity index (χ1v) is 5.35. The van der Waals surface area contributed by atoms with Crippen molar-refractivity contribution in [2.24, 2.45) is 0 Å². The van der Waals surface area contributed by atoms with E-state index in [-0.39, 0.29) is 0 Å². The number of hydrogen-bond acceptors (Lipinski definition) is 4. The van der Waals surface area contributed by atoms with E-state index >= 15 is 0 Å². The SMILES string of the molecule is CNC(COC)CSCCCO. The molecule has 0 fully saturated rings. The predicted octanol–water partition coefficient (Wildman–Crippen LogP) is 0.336. The summed E-state index contributed by atoms with van der Waals surface area (Å²) < 4.78 is 5.03. The normalized spacial score (nSPS) is 13.2. The van der Waals surface area contributed by atoms with Crippen LogP contribution in [-0.4, -0.2) is 50.0 Å². The van der Waals surface area contributed by atoms with Crippen molar-refractivity contribution in [1.29, 1.82) is 0 Å². The molecule has 0 bridgehead atoms. The van der Waals surface area contributed by atoms with Gasteiger partial charge in [-0.1, -0.05) is 0 Å². The summed E-state index contributed by atoms with van der Waals surface area (Å²) in [5, 5.41) is 11.7. The van der Waals surface area contributed by atoms with Crippen LogP contribution in [0, 0.1) is 0 Å². The highest BCUT2D eigenvalue weighted by atomic mass is 32.2. The number of aliphatic hydroxyl groups is 1. The molecule has 0 aliphatic rings. The second-order valence-electron chi connectivity index (χ2n) is 2.59. The van der Waals surface area contributed by atoms with Crippen molar-refractivity contribution in [3.05, 3.63) is 0 Å².